The molecule has 0 saturated carbocycles. The molecule has 0 spiro atoms. The van der Waals surface area contributed by atoms with Crippen molar-refractivity contribution >= 4 is 11.6 Å². The quantitative estimate of drug-likeness (QED) is 0.816. The summed E-state index contributed by atoms with van der Waals surface area (Å²) < 4.78 is 5.61. The summed E-state index contributed by atoms with van der Waals surface area (Å²) in [6.07, 6.45) is 0. The van der Waals surface area contributed by atoms with Crippen LogP contribution in [0.1, 0.15) is 26.3 Å². The molecule has 0 aliphatic heterocycles. The maximum absolute atomic E-state index is 8.88. The fourth-order valence-corrected chi connectivity index (χ4v) is 1.25. The van der Waals surface area contributed by atoms with Gasteiger partial charge in [0.2, 0.25) is 0 Å². The first-order valence-electron chi connectivity index (χ1n) is 4.39. The van der Waals surface area contributed by atoms with Gasteiger partial charge in [0.15, 0.2) is 0 Å². The first kappa shape index (κ1) is 11.3. The standard InChI is InChI=1S/C11H14ClO2/c1-11(2,3)14-9-6-4-5-8(7-13)10(9)12/h4-7,13H,1-3H3. The Morgan fingerprint density at radius 2 is 2.00 bits per heavy atom. The lowest BCUT2D eigenvalue weighted by Crippen LogP contribution is -2.23. The Morgan fingerprint density at radius 1 is 1.36 bits per heavy atom. The lowest BCUT2D eigenvalue weighted by atomic mass is 10.1. The van der Waals surface area contributed by atoms with Crippen LogP contribution in [0.2, 0.25) is 5.02 Å². The van der Waals surface area contributed by atoms with E-state index in [1.54, 1.807) is 18.2 Å². The summed E-state index contributed by atoms with van der Waals surface area (Å²) in [7, 11) is 0. The van der Waals surface area contributed by atoms with Gasteiger partial charge in [0.05, 0.1) is 5.02 Å². The van der Waals surface area contributed by atoms with Crippen molar-refractivity contribution in [1.82, 2.24) is 0 Å². The highest BCUT2D eigenvalue weighted by Gasteiger charge is 2.15. The molecule has 1 aromatic carbocycles. The largest absolute Gasteiger partial charge is 0.487 e. The van der Waals surface area contributed by atoms with Crippen molar-refractivity contribution in [2.45, 2.75) is 26.4 Å². The minimum absolute atomic E-state index is 0.294. The van der Waals surface area contributed by atoms with Gasteiger partial charge in [0.1, 0.15) is 18.0 Å². The van der Waals surface area contributed by atoms with Crippen LogP contribution >= 0.6 is 11.6 Å². The van der Waals surface area contributed by atoms with Crippen LogP contribution in [0.4, 0.5) is 0 Å². The van der Waals surface area contributed by atoms with Crippen LogP contribution in [0, 0.1) is 6.61 Å². The highest BCUT2D eigenvalue weighted by atomic mass is 35.5. The molecule has 14 heavy (non-hydrogen) atoms. The number of hydrogen-bond acceptors (Lipinski definition) is 2. The summed E-state index contributed by atoms with van der Waals surface area (Å²) in [5.74, 6) is 0.585. The average Bonchev–Trinajstić information content (AvgIpc) is 2.06. The number of hydrogen-bond donors (Lipinski definition) is 1. The van der Waals surface area contributed by atoms with E-state index in [9.17, 15) is 0 Å². The highest BCUT2D eigenvalue weighted by molar-refractivity contribution is 6.33. The number of aliphatic hydroxyl groups excluding tert-OH is 1. The minimum Gasteiger partial charge on any atom is -0.487 e. The molecule has 2 nitrogen and oxygen atoms in total. The first-order valence-corrected chi connectivity index (χ1v) is 4.77. The molecule has 3 heteroatoms. The number of ether oxygens (including phenoxy) is 1. The Bertz CT molecular complexity index is 316. The van der Waals surface area contributed by atoms with Crippen molar-refractivity contribution in [2.24, 2.45) is 0 Å². The monoisotopic (exact) mass is 213 g/mol. The second kappa shape index (κ2) is 4.20. The molecule has 0 saturated heterocycles. The third-order valence-corrected chi connectivity index (χ3v) is 1.95. The second-order valence-electron chi connectivity index (χ2n) is 4.00. The van der Waals surface area contributed by atoms with Gasteiger partial charge in [0, 0.05) is 5.56 Å². The van der Waals surface area contributed by atoms with E-state index < -0.39 is 0 Å². The zero-order chi connectivity index (χ0) is 10.8. The van der Waals surface area contributed by atoms with Crippen molar-refractivity contribution in [3.63, 3.8) is 0 Å². The van der Waals surface area contributed by atoms with Gasteiger partial charge in [-0.1, -0.05) is 23.7 Å². The molecular formula is C11H14ClO2. The van der Waals surface area contributed by atoms with Crippen LogP contribution in [-0.2, 0) is 0 Å². The molecule has 0 unspecified atom stereocenters. The van der Waals surface area contributed by atoms with Crippen LogP contribution < -0.4 is 4.74 Å². The van der Waals surface area contributed by atoms with Gasteiger partial charge in [-0.3, -0.25) is 0 Å². The summed E-state index contributed by atoms with van der Waals surface area (Å²) >= 11 is 6.00. The molecule has 0 aromatic heterocycles. The summed E-state index contributed by atoms with van der Waals surface area (Å²) in [4.78, 5) is 0. The van der Waals surface area contributed by atoms with Gasteiger partial charge in [-0.25, -0.2) is 0 Å². The van der Waals surface area contributed by atoms with Gasteiger partial charge < -0.3 is 9.84 Å². The Labute approximate surface area is 89.5 Å². The number of rotatable bonds is 2. The molecule has 0 heterocycles. The lowest BCUT2D eigenvalue weighted by Gasteiger charge is -2.22. The average molecular weight is 214 g/mol. The van der Waals surface area contributed by atoms with Crippen LogP contribution in [0.3, 0.4) is 0 Å². The van der Waals surface area contributed by atoms with Gasteiger partial charge >= 0.3 is 0 Å². The normalized spacial score (nSPS) is 11.5. The number of benzene rings is 1. The van der Waals surface area contributed by atoms with Crippen molar-refractivity contribution in [1.29, 1.82) is 0 Å². The maximum atomic E-state index is 8.88. The third-order valence-electron chi connectivity index (χ3n) is 1.55. The molecule has 0 amide bonds. The zero-order valence-corrected chi connectivity index (χ0v) is 9.30. The van der Waals surface area contributed by atoms with E-state index >= 15 is 0 Å². The molecule has 0 aliphatic carbocycles. The lowest BCUT2D eigenvalue weighted by molar-refractivity contribution is 0.131. The van der Waals surface area contributed by atoms with E-state index in [4.69, 9.17) is 21.4 Å². The van der Waals surface area contributed by atoms with E-state index in [0.29, 0.717) is 16.3 Å². The predicted octanol–water partition coefficient (Wildman–Crippen LogP) is 3.40. The Balaban J connectivity index is 2.98. The molecule has 1 aromatic rings. The van der Waals surface area contributed by atoms with Gasteiger partial charge in [-0.2, -0.15) is 0 Å². The van der Waals surface area contributed by atoms with E-state index in [2.05, 4.69) is 0 Å². The number of halogens is 1. The van der Waals surface area contributed by atoms with Crippen molar-refractivity contribution in [3.8, 4) is 5.75 Å². The Kier molecular flexibility index (Phi) is 3.40. The van der Waals surface area contributed by atoms with Crippen LogP contribution in [0.25, 0.3) is 0 Å². The summed E-state index contributed by atoms with van der Waals surface area (Å²) in [6, 6.07) is 5.29. The molecular weight excluding hydrogens is 200 g/mol. The molecule has 1 rings (SSSR count). The Hall–Kier alpha value is -0.730. The summed E-state index contributed by atoms with van der Waals surface area (Å²) in [5, 5.41) is 9.31. The molecule has 77 valence electrons. The fourth-order valence-electron chi connectivity index (χ4n) is 1.04. The minimum atomic E-state index is -0.294. The van der Waals surface area contributed by atoms with E-state index in [-0.39, 0.29) is 5.60 Å². The van der Waals surface area contributed by atoms with E-state index in [1.807, 2.05) is 20.8 Å². The summed E-state index contributed by atoms with van der Waals surface area (Å²) in [6.45, 7) is 6.80. The number of aliphatic hydroxyl groups is 1. The van der Waals surface area contributed by atoms with Crippen molar-refractivity contribution in [3.05, 3.63) is 35.4 Å². The molecule has 0 aliphatic rings. The van der Waals surface area contributed by atoms with Crippen LogP contribution in [0.5, 0.6) is 5.75 Å². The molecule has 0 fully saturated rings. The zero-order valence-electron chi connectivity index (χ0n) is 8.54. The van der Waals surface area contributed by atoms with Gasteiger partial charge in [-0.05, 0) is 26.8 Å². The van der Waals surface area contributed by atoms with Gasteiger partial charge in [0.25, 0.3) is 0 Å². The molecule has 1 N–H and O–H groups in total. The Morgan fingerprint density at radius 3 is 2.50 bits per heavy atom. The van der Waals surface area contributed by atoms with Crippen molar-refractivity contribution in [2.75, 3.05) is 0 Å². The fraction of sp³-hybridized carbons (Fsp3) is 0.364. The topological polar surface area (TPSA) is 29.5 Å². The highest BCUT2D eigenvalue weighted by Crippen LogP contribution is 2.31. The molecule has 0 bridgehead atoms. The maximum Gasteiger partial charge on any atom is 0.139 e. The van der Waals surface area contributed by atoms with E-state index in [1.165, 1.54) is 0 Å². The van der Waals surface area contributed by atoms with Gasteiger partial charge in [-0.15, -0.1) is 0 Å². The predicted molar refractivity (Wildman–Crippen MR) is 57.2 cm³/mol. The third kappa shape index (κ3) is 2.89. The van der Waals surface area contributed by atoms with E-state index in [0.717, 1.165) is 6.61 Å². The van der Waals surface area contributed by atoms with Crippen LogP contribution in [-0.4, -0.2) is 10.7 Å². The molecule has 1 radical (unpaired) electrons. The first-order chi connectivity index (χ1) is 6.44. The molecule has 0 atom stereocenters. The summed E-state index contributed by atoms with van der Waals surface area (Å²) in [5.41, 5.74) is 0.269. The smallest absolute Gasteiger partial charge is 0.139 e. The van der Waals surface area contributed by atoms with Crippen molar-refractivity contribution < 1.29 is 9.84 Å². The SMILES string of the molecule is CC(C)(C)Oc1cccc([CH]O)c1Cl. The second-order valence-corrected chi connectivity index (χ2v) is 4.38. The van der Waals surface area contributed by atoms with Crippen LogP contribution in [0.15, 0.2) is 18.2 Å².